The second-order valence-electron chi connectivity index (χ2n) is 6.15. The fourth-order valence-electron chi connectivity index (χ4n) is 3.08. The van der Waals surface area contributed by atoms with Gasteiger partial charge in [-0.1, -0.05) is 0 Å². The van der Waals surface area contributed by atoms with E-state index in [4.69, 9.17) is 0 Å². The van der Waals surface area contributed by atoms with E-state index in [1.807, 2.05) is 0 Å². The zero-order chi connectivity index (χ0) is 17.8. The van der Waals surface area contributed by atoms with Crippen molar-refractivity contribution in [3.8, 4) is 11.5 Å². The summed E-state index contributed by atoms with van der Waals surface area (Å²) in [6, 6.07) is 5.97. The zero-order valence-corrected chi connectivity index (χ0v) is 13.9. The number of anilines is 2. The van der Waals surface area contributed by atoms with Crippen LogP contribution in [-0.2, 0) is 0 Å². The Balaban J connectivity index is 2.45. The van der Waals surface area contributed by atoms with E-state index in [1.54, 1.807) is 50.1 Å². The monoisotopic (exact) mass is 326 g/mol. The van der Waals surface area contributed by atoms with Crippen molar-refractivity contribution in [1.82, 2.24) is 0 Å². The predicted octanol–water partition coefficient (Wildman–Crippen LogP) is 2.01. The first-order valence-electron chi connectivity index (χ1n) is 7.41. The van der Waals surface area contributed by atoms with Crippen molar-refractivity contribution in [2.75, 3.05) is 38.0 Å². The Morgan fingerprint density at radius 1 is 0.625 bits per heavy atom. The number of phenolic OH excluding ortho intramolecular Hbond substituents is 2. The molecule has 1 aliphatic rings. The van der Waals surface area contributed by atoms with Gasteiger partial charge >= 0.3 is 0 Å². The number of phenols is 2. The summed E-state index contributed by atoms with van der Waals surface area (Å²) in [6.45, 7) is 0. The van der Waals surface area contributed by atoms with Gasteiger partial charge in [0, 0.05) is 39.6 Å². The normalized spacial score (nSPS) is 12.7. The second-order valence-corrected chi connectivity index (χ2v) is 6.15. The molecule has 0 saturated carbocycles. The molecule has 0 unspecified atom stereocenters. The van der Waals surface area contributed by atoms with Gasteiger partial charge in [-0.05, 0) is 24.3 Å². The summed E-state index contributed by atoms with van der Waals surface area (Å²) in [7, 11) is 7.11. The van der Waals surface area contributed by atoms with Crippen LogP contribution in [0.25, 0.3) is 0 Å². The topological polar surface area (TPSA) is 81.1 Å². The molecule has 3 rings (SSSR count). The van der Waals surface area contributed by atoms with Gasteiger partial charge < -0.3 is 20.0 Å². The standard InChI is InChI=1S/C18H18N2O4/c1-19(2)9-5-6-10(20(3)4)14-13(9)17(23)15-11(21)7-8-12(22)16(15)18(14)24/h5-8,21-22H,1-4H3. The van der Waals surface area contributed by atoms with Crippen LogP contribution in [0.3, 0.4) is 0 Å². The minimum atomic E-state index is -0.472. The highest BCUT2D eigenvalue weighted by atomic mass is 16.3. The maximum atomic E-state index is 13.1. The van der Waals surface area contributed by atoms with Crippen molar-refractivity contribution in [2.24, 2.45) is 0 Å². The summed E-state index contributed by atoms with van der Waals surface area (Å²) in [5, 5.41) is 20.2. The van der Waals surface area contributed by atoms with E-state index in [-0.39, 0.29) is 33.8 Å². The van der Waals surface area contributed by atoms with Gasteiger partial charge in [0.05, 0.1) is 22.3 Å². The molecule has 2 aromatic carbocycles. The summed E-state index contributed by atoms with van der Waals surface area (Å²) in [5.74, 6) is -1.57. The second kappa shape index (κ2) is 5.26. The van der Waals surface area contributed by atoms with E-state index in [0.717, 1.165) is 0 Å². The minimum absolute atomic E-state index is 0.147. The Bertz CT molecular complexity index is 813. The number of hydrogen-bond donors (Lipinski definition) is 2. The van der Waals surface area contributed by atoms with Crippen molar-refractivity contribution in [1.29, 1.82) is 0 Å². The van der Waals surface area contributed by atoms with Crippen LogP contribution in [0.1, 0.15) is 31.8 Å². The quantitative estimate of drug-likeness (QED) is 0.701. The maximum absolute atomic E-state index is 13.1. The number of rotatable bonds is 2. The van der Waals surface area contributed by atoms with Gasteiger partial charge in [-0.25, -0.2) is 0 Å². The molecule has 0 aromatic heterocycles. The average Bonchev–Trinajstić information content (AvgIpc) is 2.53. The number of nitrogens with zero attached hydrogens (tertiary/aromatic N) is 2. The summed E-state index contributed by atoms with van der Waals surface area (Å²) in [5.41, 5.74) is 1.36. The minimum Gasteiger partial charge on any atom is -0.507 e. The molecule has 0 radical (unpaired) electrons. The van der Waals surface area contributed by atoms with E-state index in [9.17, 15) is 19.8 Å². The lowest BCUT2D eigenvalue weighted by molar-refractivity contribution is 0.0975. The Morgan fingerprint density at radius 3 is 1.25 bits per heavy atom. The molecule has 0 fully saturated rings. The number of fused-ring (bicyclic) bond motifs is 2. The first kappa shape index (κ1) is 15.9. The third-order valence-corrected chi connectivity index (χ3v) is 4.19. The maximum Gasteiger partial charge on any atom is 0.200 e. The Hall–Kier alpha value is -3.02. The van der Waals surface area contributed by atoms with Crippen molar-refractivity contribution in [3.63, 3.8) is 0 Å². The van der Waals surface area contributed by atoms with Crippen molar-refractivity contribution in [2.45, 2.75) is 0 Å². The molecular weight excluding hydrogens is 308 g/mol. The third kappa shape index (κ3) is 2.03. The van der Waals surface area contributed by atoms with Gasteiger partial charge in [-0.15, -0.1) is 0 Å². The molecule has 0 spiro atoms. The van der Waals surface area contributed by atoms with Crippen molar-refractivity contribution < 1.29 is 19.8 Å². The first-order chi connectivity index (χ1) is 11.3. The third-order valence-electron chi connectivity index (χ3n) is 4.19. The molecule has 0 bridgehead atoms. The van der Waals surface area contributed by atoms with Gasteiger partial charge in [0.15, 0.2) is 0 Å². The number of hydrogen-bond acceptors (Lipinski definition) is 6. The first-order valence-corrected chi connectivity index (χ1v) is 7.41. The molecule has 0 saturated heterocycles. The van der Waals surface area contributed by atoms with Gasteiger partial charge in [0.1, 0.15) is 11.5 Å². The molecule has 0 amide bonds. The molecule has 6 nitrogen and oxygen atoms in total. The van der Waals surface area contributed by atoms with Crippen LogP contribution in [0.5, 0.6) is 11.5 Å². The van der Waals surface area contributed by atoms with E-state index >= 15 is 0 Å². The number of carbonyl (C=O) groups excluding carboxylic acids is 2. The molecule has 2 N–H and O–H groups in total. The highest BCUT2D eigenvalue weighted by Crippen LogP contribution is 2.43. The molecule has 6 heteroatoms. The SMILES string of the molecule is CN(C)c1ccc(N(C)C)c2c1C(=O)c1c(O)ccc(O)c1C2=O. The van der Waals surface area contributed by atoms with Crippen LogP contribution < -0.4 is 9.80 Å². The smallest absolute Gasteiger partial charge is 0.200 e. The Labute approximate surface area is 139 Å². The molecule has 0 aliphatic heterocycles. The highest BCUT2D eigenvalue weighted by molar-refractivity contribution is 6.33. The Morgan fingerprint density at radius 2 is 0.958 bits per heavy atom. The molecule has 24 heavy (non-hydrogen) atoms. The molecule has 0 atom stereocenters. The van der Waals surface area contributed by atoms with Crippen LogP contribution in [0.4, 0.5) is 11.4 Å². The van der Waals surface area contributed by atoms with E-state index in [1.165, 1.54) is 12.1 Å². The number of carbonyl (C=O) groups is 2. The molecule has 0 heterocycles. The van der Waals surface area contributed by atoms with E-state index in [2.05, 4.69) is 0 Å². The molecule has 2 aromatic rings. The van der Waals surface area contributed by atoms with Crippen molar-refractivity contribution >= 4 is 22.9 Å². The molecular formula is C18H18N2O4. The van der Waals surface area contributed by atoms with Crippen molar-refractivity contribution in [3.05, 3.63) is 46.5 Å². The van der Waals surface area contributed by atoms with Gasteiger partial charge in [0.2, 0.25) is 11.6 Å². The summed E-state index contributed by atoms with van der Waals surface area (Å²) in [6.07, 6.45) is 0. The molecule has 1 aliphatic carbocycles. The van der Waals surface area contributed by atoms with Gasteiger partial charge in [0.25, 0.3) is 0 Å². The fourth-order valence-corrected chi connectivity index (χ4v) is 3.08. The number of ketones is 2. The van der Waals surface area contributed by atoms with Gasteiger partial charge in [-0.3, -0.25) is 9.59 Å². The van der Waals surface area contributed by atoms with Gasteiger partial charge in [-0.2, -0.15) is 0 Å². The van der Waals surface area contributed by atoms with Crippen LogP contribution in [0.15, 0.2) is 24.3 Å². The lowest BCUT2D eigenvalue weighted by Gasteiger charge is -2.28. The Kier molecular flexibility index (Phi) is 3.48. The fraction of sp³-hybridized carbons (Fsp3) is 0.222. The average molecular weight is 326 g/mol. The predicted molar refractivity (Wildman–Crippen MR) is 91.7 cm³/mol. The highest BCUT2D eigenvalue weighted by Gasteiger charge is 2.38. The van der Waals surface area contributed by atoms with Crippen LogP contribution in [0.2, 0.25) is 0 Å². The van der Waals surface area contributed by atoms with E-state index < -0.39 is 11.6 Å². The lowest BCUT2D eigenvalue weighted by atomic mass is 9.81. The summed E-state index contributed by atoms with van der Waals surface area (Å²) >= 11 is 0. The van der Waals surface area contributed by atoms with Crippen LogP contribution in [-0.4, -0.2) is 50.0 Å². The summed E-state index contributed by atoms with van der Waals surface area (Å²) in [4.78, 5) is 29.6. The van der Waals surface area contributed by atoms with E-state index in [0.29, 0.717) is 11.4 Å². The number of benzene rings is 2. The lowest BCUT2D eigenvalue weighted by Crippen LogP contribution is -2.27. The van der Waals surface area contributed by atoms with Crippen LogP contribution >= 0.6 is 0 Å². The largest absolute Gasteiger partial charge is 0.507 e. The molecule has 124 valence electrons. The summed E-state index contributed by atoms with van der Waals surface area (Å²) < 4.78 is 0. The number of aromatic hydroxyl groups is 2. The van der Waals surface area contributed by atoms with Crippen LogP contribution in [0, 0.1) is 0 Å². The zero-order valence-electron chi connectivity index (χ0n) is 13.9.